The van der Waals surface area contributed by atoms with Crippen molar-refractivity contribution in [1.29, 1.82) is 0 Å². The van der Waals surface area contributed by atoms with Gasteiger partial charge in [0.25, 0.3) is 0 Å². The molecule has 1 saturated carbocycles. The molecular weight excluding hydrogens is 399 g/mol. The fourth-order valence-electron chi connectivity index (χ4n) is 4.39. The van der Waals surface area contributed by atoms with Gasteiger partial charge in [0.2, 0.25) is 0 Å². The van der Waals surface area contributed by atoms with Crippen LogP contribution in [-0.2, 0) is 0 Å². The Kier molecular flexibility index (Phi) is 8.63. The van der Waals surface area contributed by atoms with Crippen LogP contribution < -0.4 is 5.32 Å². The van der Waals surface area contributed by atoms with Crippen molar-refractivity contribution in [1.82, 2.24) is 15.1 Å². The molecule has 1 heterocycles. The summed E-state index contributed by atoms with van der Waals surface area (Å²) in [6, 6.07) is 1.19. The van der Waals surface area contributed by atoms with Crippen LogP contribution in [0.15, 0.2) is 4.99 Å². The first kappa shape index (κ1) is 21.0. The van der Waals surface area contributed by atoms with Crippen LogP contribution in [0.4, 0.5) is 0 Å². The van der Waals surface area contributed by atoms with E-state index in [9.17, 15) is 0 Å². The summed E-state index contributed by atoms with van der Waals surface area (Å²) in [4.78, 5) is 9.54. The monoisotopic (exact) mass is 436 g/mol. The third-order valence-electron chi connectivity index (χ3n) is 5.59. The summed E-state index contributed by atoms with van der Waals surface area (Å²) in [5, 5.41) is 3.59. The lowest BCUT2D eigenvalue weighted by atomic mass is 9.86. The number of hydrogen-bond acceptors (Lipinski definition) is 2. The lowest BCUT2D eigenvalue weighted by molar-refractivity contribution is 0.178. The summed E-state index contributed by atoms with van der Waals surface area (Å²) in [5.74, 6) is 1.11. The number of rotatable bonds is 5. The van der Waals surface area contributed by atoms with E-state index in [2.05, 4.69) is 47.8 Å². The summed E-state index contributed by atoms with van der Waals surface area (Å²) < 4.78 is 0. The van der Waals surface area contributed by atoms with Gasteiger partial charge in [-0.05, 0) is 52.4 Å². The zero-order valence-electron chi connectivity index (χ0n) is 15.8. The molecule has 0 atom stereocenters. The van der Waals surface area contributed by atoms with Gasteiger partial charge in [-0.15, -0.1) is 24.0 Å². The lowest BCUT2D eigenvalue weighted by Crippen LogP contribution is -2.46. The Bertz CT molecular complexity index is 367. The highest BCUT2D eigenvalue weighted by Crippen LogP contribution is 2.45. The van der Waals surface area contributed by atoms with Gasteiger partial charge in [-0.2, -0.15) is 0 Å². The normalized spacial score (nSPS) is 20.9. The largest absolute Gasteiger partial charge is 0.355 e. The van der Waals surface area contributed by atoms with Gasteiger partial charge in [0.05, 0.1) is 0 Å². The van der Waals surface area contributed by atoms with Crippen molar-refractivity contribution in [2.75, 3.05) is 33.2 Å². The Hall–Kier alpha value is -0.0400. The summed E-state index contributed by atoms with van der Waals surface area (Å²) in [6.07, 6.45) is 7.07. The number of nitrogens with one attached hydrogen (secondary N) is 1. The van der Waals surface area contributed by atoms with E-state index in [1.165, 1.54) is 45.2 Å². The van der Waals surface area contributed by atoms with E-state index in [4.69, 9.17) is 0 Å². The van der Waals surface area contributed by atoms with Crippen molar-refractivity contribution in [2.45, 2.75) is 71.9 Å². The molecule has 0 aromatic carbocycles. The van der Waals surface area contributed by atoms with Gasteiger partial charge < -0.3 is 10.2 Å². The molecular formula is C18H37IN4. The maximum absolute atomic E-state index is 4.52. The molecule has 0 aromatic heterocycles. The molecule has 1 spiro atoms. The van der Waals surface area contributed by atoms with Crippen molar-refractivity contribution in [3.05, 3.63) is 0 Å². The summed E-state index contributed by atoms with van der Waals surface area (Å²) in [6.45, 7) is 13.6. The van der Waals surface area contributed by atoms with Gasteiger partial charge in [0.15, 0.2) is 5.96 Å². The van der Waals surface area contributed by atoms with Crippen LogP contribution in [0.3, 0.4) is 0 Å². The number of guanidine groups is 1. The highest BCUT2D eigenvalue weighted by molar-refractivity contribution is 14.0. The second-order valence-corrected chi connectivity index (χ2v) is 7.78. The molecule has 2 rings (SSSR count). The Morgan fingerprint density at radius 3 is 2.26 bits per heavy atom. The third kappa shape index (κ3) is 5.48. The predicted octanol–water partition coefficient (Wildman–Crippen LogP) is 3.56. The molecule has 0 radical (unpaired) electrons. The second kappa shape index (κ2) is 9.44. The van der Waals surface area contributed by atoms with Crippen molar-refractivity contribution >= 4 is 29.9 Å². The maximum Gasteiger partial charge on any atom is 0.193 e. The molecule has 1 aliphatic heterocycles. The molecule has 1 saturated heterocycles. The Balaban J connectivity index is 0.00000264. The molecule has 1 N–H and O–H groups in total. The highest BCUT2D eigenvalue weighted by atomic mass is 127. The zero-order valence-corrected chi connectivity index (χ0v) is 18.1. The first-order valence-corrected chi connectivity index (χ1v) is 9.19. The highest BCUT2D eigenvalue weighted by Gasteiger charge is 2.41. The van der Waals surface area contributed by atoms with E-state index in [1.54, 1.807) is 0 Å². The molecule has 2 fully saturated rings. The standard InChI is InChI=1S/C18H36N4.HI/c1-15(2)22(16(3)4)13-11-20-17(19-5)21-12-10-18(14-21)8-6-7-9-18;/h15-16H,6-14H2,1-5H3,(H,19,20);1H. The number of likely N-dealkylation sites (tertiary alicyclic amines) is 1. The van der Waals surface area contributed by atoms with E-state index in [0.29, 0.717) is 17.5 Å². The van der Waals surface area contributed by atoms with Crippen molar-refractivity contribution < 1.29 is 0 Å². The van der Waals surface area contributed by atoms with Crippen LogP contribution in [0.2, 0.25) is 0 Å². The Morgan fingerprint density at radius 1 is 1.13 bits per heavy atom. The fraction of sp³-hybridized carbons (Fsp3) is 0.944. The van der Waals surface area contributed by atoms with Gasteiger partial charge in [0.1, 0.15) is 0 Å². The molecule has 23 heavy (non-hydrogen) atoms. The minimum Gasteiger partial charge on any atom is -0.355 e. The van der Waals surface area contributed by atoms with Gasteiger partial charge >= 0.3 is 0 Å². The smallest absolute Gasteiger partial charge is 0.193 e. The van der Waals surface area contributed by atoms with Crippen LogP contribution in [0.25, 0.3) is 0 Å². The number of nitrogens with zero attached hydrogens (tertiary/aromatic N) is 3. The number of aliphatic imine (C=N–C) groups is 1. The van der Waals surface area contributed by atoms with E-state index in [-0.39, 0.29) is 24.0 Å². The van der Waals surface area contributed by atoms with E-state index < -0.39 is 0 Å². The quantitative estimate of drug-likeness (QED) is 0.406. The molecule has 136 valence electrons. The van der Waals surface area contributed by atoms with E-state index in [0.717, 1.165) is 19.0 Å². The number of hydrogen-bond donors (Lipinski definition) is 1. The Morgan fingerprint density at radius 2 is 1.74 bits per heavy atom. The molecule has 0 amide bonds. The van der Waals surface area contributed by atoms with Gasteiger partial charge in [-0.1, -0.05) is 12.8 Å². The maximum atomic E-state index is 4.52. The molecule has 0 unspecified atom stereocenters. The molecule has 0 bridgehead atoms. The topological polar surface area (TPSA) is 30.9 Å². The molecule has 0 aromatic rings. The SMILES string of the molecule is CN=C(NCCN(C(C)C)C(C)C)N1CCC2(CCCC2)C1.I. The minimum atomic E-state index is 0. The first-order valence-electron chi connectivity index (χ1n) is 9.19. The lowest BCUT2D eigenvalue weighted by Gasteiger charge is -2.31. The van der Waals surface area contributed by atoms with Crippen molar-refractivity contribution in [3.63, 3.8) is 0 Å². The number of halogens is 1. The zero-order chi connectivity index (χ0) is 16.2. The minimum absolute atomic E-state index is 0. The van der Waals surface area contributed by atoms with Crippen molar-refractivity contribution in [2.24, 2.45) is 10.4 Å². The average molecular weight is 436 g/mol. The predicted molar refractivity (Wildman–Crippen MR) is 111 cm³/mol. The van der Waals surface area contributed by atoms with Gasteiger partial charge in [-0.3, -0.25) is 9.89 Å². The molecule has 5 heteroatoms. The van der Waals surface area contributed by atoms with E-state index >= 15 is 0 Å². The van der Waals surface area contributed by atoms with Gasteiger partial charge in [0, 0.05) is 45.3 Å². The molecule has 4 nitrogen and oxygen atoms in total. The average Bonchev–Trinajstić information content (AvgIpc) is 3.09. The van der Waals surface area contributed by atoms with Crippen LogP contribution in [0.1, 0.15) is 59.8 Å². The van der Waals surface area contributed by atoms with Crippen LogP contribution >= 0.6 is 24.0 Å². The fourth-order valence-corrected chi connectivity index (χ4v) is 4.39. The first-order chi connectivity index (χ1) is 10.5. The summed E-state index contributed by atoms with van der Waals surface area (Å²) >= 11 is 0. The van der Waals surface area contributed by atoms with Crippen LogP contribution in [0.5, 0.6) is 0 Å². The van der Waals surface area contributed by atoms with Crippen molar-refractivity contribution in [3.8, 4) is 0 Å². The summed E-state index contributed by atoms with van der Waals surface area (Å²) in [7, 11) is 1.92. The van der Waals surface area contributed by atoms with E-state index in [1.807, 2.05) is 7.05 Å². The summed E-state index contributed by atoms with van der Waals surface area (Å²) in [5.41, 5.74) is 0.611. The molecule has 1 aliphatic carbocycles. The second-order valence-electron chi connectivity index (χ2n) is 7.78. The van der Waals surface area contributed by atoms with Crippen LogP contribution in [-0.4, -0.2) is 61.1 Å². The molecule has 2 aliphatic rings. The van der Waals surface area contributed by atoms with Gasteiger partial charge in [-0.25, -0.2) is 0 Å². The van der Waals surface area contributed by atoms with Crippen LogP contribution in [0, 0.1) is 5.41 Å². The third-order valence-corrected chi connectivity index (χ3v) is 5.59. The Labute approximate surface area is 160 Å².